The summed E-state index contributed by atoms with van der Waals surface area (Å²) >= 11 is 0. The SMILES string of the molecule is Cc1cccc2cc3c(=O)[nH]cc(C(=O)O)c3nc12. The molecular weight excluding hydrogens is 244 g/mol. The maximum atomic E-state index is 11.8. The van der Waals surface area contributed by atoms with Gasteiger partial charge in [-0.15, -0.1) is 0 Å². The summed E-state index contributed by atoms with van der Waals surface area (Å²) in [5.74, 6) is -1.11. The Morgan fingerprint density at radius 1 is 1.32 bits per heavy atom. The fourth-order valence-corrected chi connectivity index (χ4v) is 2.17. The third-order valence-corrected chi connectivity index (χ3v) is 3.13. The van der Waals surface area contributed by atoms with Gasteiger partial charge >= 0.3 is 5.97 Å². The summed E-state index contributed by atoms with van der Waals surface area (Å²) in [7, 11) is 0. The molecule has 19 heavy (non-hydrogen) atoms. The number of para-hydroxylation sites is 1. The minimum Gasteiger partial charge on any atom is -0.478 e. The number of hydrogen-bond donors (Lipinski definition) is 2. The number of aryl methyl sites for hydroxylation is 1. The van der Waals surface area contributed by atoms with E-state index in [2.05, 4.69) is 9.97 Å². The molecule has 0 radical (unpaired) electrons. The number of fused-ring (bicyclic) bond motifs is 2. The normalized spacial score (nSPS) is 11.0. The van der Waals surface area contributed by atoms with Crippen molar-refractivity contribution in [3.8, 4) is 0 Å². The Morgan fingerprint density at radius 3 is 2.84 bits per heavy atom. The van der Waals surface area contributed by atoms with Gasteiger partial charge < -0.3 is 10.1 Å². The van der Waals surface area contributed by atoms with Gasteiger partial charge in [-0.2, -0.15) is 0 Å². The van der Waals surface area contributed by atoms with Crippen LogP contribution in [0.1, 0.15) is 15.9 Å². The monoisotopic (exact) mass is 254 g/mol. The topological polar surface area (TPSA) is 83.0 Å². The first-order chi connectivity index (χ1) is 9.08. The molecule has 5 heteroatoms. The standard InChI is InChI=1S/C14H10N2O3/c1-7-3-2-4-8-5-9-12(16-11(7)8)10(14(18)19)6-15-13(9)17/h2-6H,1H3,(H,15,17)(H,18,19). The van der Waals surface area contributed by atoms with E-state index in [1.807, 2.05) is 25.1 Å². The van der Waals surface area contributed by atoms with Crippen molar-refractivity contribution in [1.29, 1.82) is 0 Å². The van der Waals surface area contributed by atoms with Crippen molar-refractivity contribution >= 4 is 27.8 Å². The average molecular weight is 254 g/mol. The number of carbonyl (C=O) groups is 1. The van der Waals surface area contributed by atoms with Crippen molar-refractivity contribution in [2.75, 3.05) is 0 Å². The third kappa shape index (κ3) is 1.67. The van der Waals surface area contributed by atoms with Crippen LogP contribution in [0.4, 0.5) is 0 Å². The van der Waals surface area contributed by atoms with Gasteiger partial charge in [0.1, 0.15) is 5.56 Å². The minimum absolute atomic E-state index is 0.000229. The fraction of sp³-hybridized carbons (Fsp3) is 0.0714. The van der Waals surface area contributed by atoms with Gasteiger partial charge in [-0.05, 0) is 18.6 Å². The molecule has 1 aromatic carbocycles. The number of aromatic carboxylic acids is 1. The molecule has 2 N–H and O–H groups in total. The van der Waals surface area contributed by atoms with Crippen LogP contribution in [0.3, 0.4) is 0 Å². The highest BCUT2D eigenvalue weighted by molar-refractivity contribution is 6.04. The molecule has 3 aromatic rings. The number of pyridine rings is 2. The lowest BCUT2D eigenvalue weighted by atomic mass is 10.1. The molecule has 0 aliphatic rings. The summed E-state index contributed by atoms with van der Waals surface area (Å²) in [6.45, 7) is 1.90. The summed E-state index contributed by atoms with van der Waals surface area (Å²) in [6.07, 6.45) is 1.18. The van der Waals surface area contributed by atoms with E-state index in [0.29, 0.717) is 5.52 Å². The van der Waals surface area contributed by atoms with E-state index in [0.717, 1.165) is 10.9 Å². The second-order valence-electron chi connectivity index (χ2n) is 4.37. The summed E-state index contributed by atoms with van der Waals surface area (Å²) in [5, 5.41) is 10.3. The van der Waals surface area contributed by atoms with E-state index in [1.54, 1.807) is 6.07 Å². The Hall–Kier alpha value is -2.69. The molecule has 0 amide bonds. The number of benzene rings is 1. The molecule has 0 fully saturated rings. The molecule has 0 aliphatic carbocycles. The lowest BCUT2D eigenvalue weighted by molar-refractivity contribution is 0.0698. The second-order valence-corrected chi connectivity index (χ2v) is 4.37. The van der Waals surface area contributed by atoms with Gasteiger partial charge in [0, 0.05) is 11.6 Å². The van der Waals surface area contributed by atoms with Crippen molar-refractivity contribution in [2.45, 2.75) is 6.92 Å². The van der Waals surface area contributed by atoms with Crippen molar-refractivity contribution in [3.63, 3.8) is 0 Å². The molecule has 0 saturated carbocycles. The van der Waals surface area contributed by atoms with E-state index in [4.69, 9.17) is 5.11 Å². The first kappa shape index (κ1) is 11.4. The Kier molecular flexibility index (Phi) is 2.35. The first-order valence-electron chi connectivity index (χ1n) is 5.73. The number of aromatic nitrogens is 2. The summed E-state index contributed by atoms with van der Waals surface area (Å²) < 4.78 is 0. The van der Waals surface area contributed by atoms with E-state index >= 15 is 0 Å². The summed E-state index contributed by atoms with van der Waals surface area (Å²) in [4.78, 5) is 29.8. The predicted octanol–water partition coefficient (Wildman–Crippen LogP) is 2.08. The Morgan fingerprint density at radius 2 is 2.11 bits per heavy atom. The van der Waals surface area contributed by atoms with Crippen LogP contribution in [0.2, 0.25) is 0 Å². The van der Waals surface area contributed by atoms with E-state index in [1.165, 1.54) is 6.20 Å². The fourth-order valence-electron chi connectivity index (χ4n) is 2.17. The molecule has 0 saturated heterocycles. The molecule has 0 bridgehead atoms. The molecule has 0 aliphatic heterocycles. The molecule has 94 valence electrons. The van der Waals surface area contributed by atoms with E-state index < -0.39 is 5.97 Å². The van der Waals surface area contributed by atoms with Crippen molar-refractivity contribution < 1.29 is 9.90 Å². The number of carboxylic acid groups (broad SMARTS) is 1. The number of nitrogens with zero attached hydrogens (tertiary/aromatic N) is 1. The molecular formula is C14H10N2O3. The van der Waals surface area contributed by atoms with Gasteiger partial charge in [0.05, 0.1) is 16.4 Å². The van der Waals surface area contributed by atoms with Gasteiger partial charge in [-0.25, -0.2) is 9.78 Å². The average Bonchev–Trinajstić information content (AvgIpc) is 2.38. The van der Waals surface area contributed by atoms with Crippen LogP contribution >= 0.6 is 0 Å². The molecule has 0 atom stereocenters. The van der Waals surface area contributed by atoms with Crippen LogP contribution < -0.4 is 5.56 Å². The van der Waals surface area contributed by atoms with E-state index in [-0.39, 0.29) is 22.0 Å². The number of H-pyrrole nitrogens is 1. The molecule has 5 nitrogen and oxygen atoms in total. The highest BCUT2D eigenvalue weighted by Crippen LogP contribution is 2.21. The molecule has 0 spiro atoms. The number of nitrogens with one attached hydrogen (secondary N) is 1. The zero-order valence-corrected chi connectivity index (χ0v) is 10.1. The van der Waals surface area contributed by atoms with Gasteiger partial charge in [0.2, 0.25) is 0 Å². The van der Waals surface area contributed by atoms with Gasteiger partial charge in [-0.3, -0.25) is 4.79 Å². The number of rotatable bonds is 1. The molecule has 0 unspecified atom stereocenters. The zero-order valence-electron chi connectivity index (χ0n) is 10.1. The Bertz CT molecular complexity index is 881. The van der Waals surface area contributed by atoms with Gasteiger partial charge in [-0.1, -0.05) is 18.2 Å². The number of hydrogen-bond acceptors (Lipinski definition) is 3. The maximum absolute atomic E-state index is 11.8. The van der Waals surface area contributed by atoms with Gasteiger partial charge in [0.25, 0.3) is 5.56 Å². The molecule has 2 aromatic heterocycles. The zero-order chi connectivity index (χ0) is 13.6. The number of aromatic amines is 1. The lowest BCUT2D eigenvalue weighted by Crippen LogP contribution is -2.11. The largest absolute Gasteiger partial charge is 0.478 e. The Labute approximate surface area is 107 Å². The van der Waals surface area contributed by atoms with Crippen LogP contribution in [0.5, 0.6) is 0 Å². The van der Waals surface area contributed by atoms with E-state index in [9.17, 15) is 9.59 Å². The van der Waals surface area contributed by atoms with Crippen LogP contribution in [-0.4, -0.2) is 21.0 Å². The van der Waals surface area contributed by atoms with Crippen LogP contribution in [-0.2, 0) is 0 Å². The number of carboxylic acids is 1. The maximum Gasteiger partial charge on any atom is 0.339 e. The molecule has 3 rings (SSSR count). The van der Waals surface area contributed by atoms with Gasteiger partial charge in [0.15, 0.2) is 0 Å². The lowest BCUT2D eigenvalue weighted by Gasteiger charge is -2.05. The highest BCUT2D eigenvalue weighted by Gasteiger charge is 2.13. The van der Waals surface area contributed by atoms with Crippen molar-refractivity contribution in [2.24, 2.45) is 0 Å². The minimum atomic E-state index is -1.11. The third-order valence-electron chi connectivity index (χ3n) is 3.13. The first-order valence-corrected chi connectivity index (χ1v) is 5.73. The second kappa shape index (κ2) is 3.91. The summed E-state index contributed by atoms with van der Waals surface area (Å²) in [6, 6.07) is 7.30. The highest BCUT2D eigenvalue weighted by atomic mass is 16.4. The van der Waals surface area contributed by atoms with Crippen LogP contribution in [0.25, 0.3) is 21.8 Å². The van der Waals surface area contributed by atoms with Crippen LogP contribution in [0, 0.1) is 6.92 Å². The van der Waals surface area contributed by atoms with Crippen molar-refractivity contribution in [3.05, 3.63) is 51.9 Å². The van der Waals surface area contributed by atoms with Crippen molar-refractivity contribution in [1.82, 2.24) is 9.97 Å². The predicted molar refractivity (Wildman–Crippen MR) is 71.6 cm³/mol. The Balaban J connectivity index is 2.58. The smallest absolute Gasteiger partial charge is 0.339 e. The summed E-state index contributed by atoms with van der Waals surface area (Å²) in [5.41, 5.74) is 1.54. The molecule has 2 heterocycles. The quantitative estimate of drug-likeness (QED) is 0.651. The van der Waals surface area contributed by atoms with Crippen LogP contribution in [0.15, 0.2) is 35.3 Å².